The lowest BCUT2D eigenvalue weighted by molar-refractivity contribution is -0.146. The number of piperazine rings is 1. The van der Waals surface area contributed by atoms with Gasteiger partial charge in [-0.3, -0.25) is 14.4 Å². The molecule has 0 aromatic heterocycles. The summed E-state index contributed by atoms with van der Waals surface area (Å²) in [5.41, 5.74) is 0.379. The standard InChI is InChI=1S/C19H26N2O6/c1-4-27-17(23)9-8-16(22)20-10-12-21(13-11-20)19(24)18-14(25-2)6-5-7-15(18)26-3/h5-7H,4,8-13H2,1-3H3. The Labute approximate surface area is 159 Å². The van der Waals surface area contributed by atoms with Gasteiger partial charge in [0.15, 0.2) is 0 Å². The van der Waals surface area contributed by atoms with Gasteiger partial charge < -0.3 is 24.0 Å². The van der Waals surface area contributed by atoms with Gasteiger partial charge in [-0.15, -0.1) is 0 Å². The van der Waals surface area contributed by atoms with Crippen molar-refractivity contribution < 1.29 is 28.6 Å². The molecule has 0 N–H and O–H groups in total. The first kappa shape index (κ1) is 20.5. The predicted molar refractivity (Wildman–Crippen MR) is 97.9 cm³/mol. The molecule has 1 fully saturated rings. The van der Waals surface area contributed by atoms with Crippen LogP contribution in [0.5, 0.6) is 11.5 Å². The highest BCUT2D eigenvalue weighted by Gasteiger charge is 2.28. The Balaban J connectivity index is 1.95. The smallest absolute Gasteiger partial charge is 0.306 e. The molecule has 1 saturated heterocycles. The van der Waals surface area contributed by atoms with Gasteiger partial charge in [-0.1, -0.05) is 6.07 Å². The lowest BCUT2D eigenvalue weighted by Gasteiger charge is -2.35. The van der Waals surface area contributed by atoms with Crippen LogP contribution in [0.4, 0.5) is 0 Å². The lowest BCUT2D eigenvalue weighted by Crippen LogP contribution is -2.50. The zero-order valence-corrected chi connectivity index (χ0v) is 16.0. The summed E-state index contributed by atoms with van der Waals surface area (Å²) in [4.78, 5) is 39.9. The van der Waals surface area contributed by atoms with Crippen LogP contribution in [0.3, 0.4) is 0 Å². The fourth-order valence-electron chi connectivity index (χ4n) is 2.98. The molecule has 8 heteroatoms. The third-order valence-corrected chi connectivity index (χ3v) is 4.41. The van der Waals surface area contributed by atoms with Gasteiger partial charge in [0.2, 0.25) is 5.91 Å². The summed E-state index contributed by atoms with van der Waals surface area (Å²) >= 11 is 0. The van der Waals surface area contributed by atoms with Gasteiger partial charge in [0.05, 0.1) is 27.2 Å². The number of nitrogens with zero attached hydrogens (tertiary/aromatic N) is 2. The lowest BCUT2D eigenvalue weighted by atomic mass is 10.1. The number of hydrogen-bond donors (Lipinski definition) is 0. The molecule has 148 valence electrons. The van der Waals surface area contributed by atoms with E-state index in [-0.39, 0.29) is 30.6 Å². The summed E-state index contributed by atoms with van der Waals surface area (Å²) in [7, 11) is 3.01. The van der Waals surface area contributed by atoms with Gasteiger partial charge in [-0.05, 0) is 19.1 Å². The SMILES string of the molecule is CCOC(=O)CCC(=O)N1CCN(C(=O)c2c(OC)cccc2OC)CC1. The third-order valence-electron chi connectivity index (χ3n) is 4.41. The van der Waals surface area contributed by atoms with Crippen LogP contribution >= 0.6 is 0 Å². The number of carbonyl (C=O) groups excluding carboxylic acids is 3. The van der Waals surface area contributed by atoms with Crippen molar-refractivity contribution in [3.63, 3.8) is 0 Å². The third kappa shape index (κ3) is 5.12. The minimum atomic E-state index is -0.372. The van der Waals surface area contributed by atoms with Crippen molar-refractivity contribution in [2.75, 3.05) is 47.0 Å². The normalized spacial score (nSPS) is 13.9. The first-order chi connectivity index (χ1) is 13.0. The summed E-state index contributed by atoms with van der Waals surface area (Å²) in [6.07, 6.45) is 0.192. The van der Waals surface area contributed by atoms with Crippen molar-refractivity contribution >= 4 is 17.8 Å². The van der Waals surface area contributed by atoms with Crippen LogP contribution in [-0.4, -0.2) is 74.6 Å². The molecule has 1 heterocycles. The maximum atomic E-state index is 12.9. The summed E-state index contributed by atoms with van der Waals surface area (Å²) in [6, 6.07) is 5.18. The molecule has 1 aliphatic rings. The first-order valence-corrected chi connectivity index (χ1v) is 8.95. The molecule has 1 aliphatic heterocycles. The molecule has 0 radical (unpaired) electrons. The molecule has 1 aromatic rings. The van der Waals surface area contributed by atoms with E-state index in [4.69, 9.17) is 14.2 Å². The molecular weight excluding hydrogens is 352 g/mol. The Morgan fingerprint density at radius 2 is 1.48 bits per heavy atom. The molecule has 0 saturated carbocycles. The number of amides is 2. The molecule has 2 rings (SSSR count). The summed E-state index contributed by atoms with van der Waals surface area (Å²) in [6.45, 7) is 3.69. The average molecular weight is 378 g/mol. The maximum Gasteiger partial charge on any atom is 0.306 e. The van der Waals surface area contributed by atoms with Crippen molar-refractivity contribution in [1.29, 1.82) is 0 Å². The number of rotatable bonds is 7. The monoisotopic (exact) mass is 378 g/mol. The Morgan fingerprint density at radius 3 is 2.00 bits per heavy atom. The Morgan fingerprint density at radius 1 is 0.926 bits per heavy atom. The van der Waals surface area contributed by atoms with Crippen LogP contribution in [0.1, 0.15) is 30.1 Å². The van der Waals surface area contributed by atoms with Crippen LogP contribution in [0.15, 0.2) is 18.2 Å². The van der Waals surface area contributed by atoms with E-state index in [0.29, 0.717) is 49.8 Å². The summed E-state index contributed by atoms with van der Waals surface area (Å²) in [5.74, 6) is 0.232. The zero-order chi connectivity index (χ0) is 19.8. The topological polar surface area (TPSA) is 85.4 Å². The second kappa shape index (κ2) is 9.80. The molecular formula is C19H26N2O6. The highest BCUT2D eigenvalue weighted by atomic mass is 16.5. The number of methoxy groups -OCH3 is 2. The van der Waals surface area contributed by atoms with Gasteiger partial charge in [0.25, 0.3) is 5.91 Å². The second-order valence-electron chi connectivity index (χ2n) is 6.02. The molecule has 27 heavy (non-hydrogen) atoms. The summed E-state index contributed by atoms with van der Waals surface area (Å²) < 4.78 is 15.4. The van der Waals surface area contributed by atoms with Gasteiger partial charge in [0, 0.05) is 32.6 Å². The fourth-order valence-corrected chi connectivity index (χ4v) is 2.98. The van der Waals surface area contributed by atoms with E-state index < -0.39 is 0 Å². The van der Waals surface area contributed by atoms with E-state index in [0.717, 1.165) is 0 Å². The van der Waals surface area contributed by atoms with Crippen molar-refractivity contribution in [3.05, 3.63) is 23.8 Å². The molecule has 0 bridgehead atoms. The van der Waals surface area contributed by atoms with Gasteiger partial charge >= 0.3 is 5.97 Å². The largest absolute Gasteiger partial charge is 0.496 e. The fraction of sp³-hybridized carbons (Fsp3) is 0.526. The van der Waals surface area contributed by atoms with Crippen LogP contribution < -0.4 is 9.47 Å². The highest BCUT2D eigenvalue weighted by Crippen LogP contribution is 2.29. The molecule has 2 amide bonds. The van der Waals surface area contributed by atoms with Crippen molar-refractivity contribution in [2.45, 2.75) is 19.8 Å². The molecule has 0 spiro atoms. The number of ether oxygens (including phenoxy) is 3. The maximum absolute atomic E-state index is 12.9. The van der Waals surface area contributed by atoms with Crippen LogP contribution in [0, 0.1) is 0 Å². The summed E-state index contributed by atoms with van der Waals surface area (Å²) in [5, 5.41) is 0. The van der Waals surface area contributed by atoms with E-state index >= 15 is 0 Å². The zero-order valence-electron chi connectivity index (χ0n) is 16.0. The number of benzene rings is 1. The Kier molecular flexibility index (Phi) is 7.45. The Hall–Kier alpha value is -2.77. The highest BCUT2D eigenvalue weighted by molar-refractivity contribution is 6.00. The average Bonchev–Trinajstić information content (AvgIpc) is 2.71. The first-order valence-electron chi connectivity index (χ1n) is 8.95. The van der Waals surface area contributed by atoms with Crippen molar-refractivity contribution in [1.82, 2.24) is 9.80 Å². The van der Waals surface area contributed by atoms with E-state index in [9.17, 15) is 14.4 Å². The molecule has 1 aromatic carbocycles. The minimum absolute atomic E-state index is 0.0736. The van der Waals surface area contributed by atoms with E-state index in [1.54, 1.807) is 34.9 Å². The van der Waals surface area contributed by atoms with Crippen LogP contribution in [0.2, 0.25) is 0 Å². The molecule has 0 atom stereocenters. The van der Waals surface area contributed by atoms with E-state index in [1.807, 2.05) is 0 Å². The van der Waals surface area contributed by atoms with Gasteiger partial charge in [0.1, 0.15) is 17.1 Å². The van der Waals surface area contributed by atoms with Crippen LogP contribution in [0.25, 0.3) is 0 Å². The van der Waals surface area contributed by atoms with Crippen molar-refractivity contribution in [2.24, 2.45) is 0 Å². The quantitative estimate of drug-likeness (QED) is 0.666. The predicted octanol–water partition coefficient (Wildman–Crippen LogP) is 1.33. The van der Waals surface area contributed by atoms with Gasteiger partial charge in [-0.25, -0.2) is 0 Å². The number of carbonyl (C=O) groups is 3. The number of esters is 1. The van der Waals surface area contributed by atoms with Crippen LogP contribution in [-0.2, 0) is 14.3 Å². The Bertz CT molecular complexity index is 661. The molecule has 8 nitrogen and oxygen atoms in total. The molecule has 0 aliphatic carbocycles. The minimum Gasteiger partial charge on any atom is -0.496 e. The second-order valence-corrected chi connectivity index (χ2v) is 6.02. The number of hydrogen-bond acceptors (Lipinski definition) is 6. The van der Waals surface area contributed by atoms with E-state index in [2.05, 4.69) is 0 Å². The van der Waals surface area contributed by atoms with Crippen molar-refractivity contribution in [3.8, 4) is 11.5 Å². The van der Waals surface area contributed by atoms with Gasteiger partial charge in [-0.2, -0.15) is 0 Å². The molecule has 0 unspecified atom stereocenters. The van der Waals surface area contributed by atoms with E-state index in [1.165, 1.54) is 14.2 Å².